The van der Waals surface area contributed by atoms with Crippen molar-refractivity contribution in [1.29, 1.82) is 0 Å². The zero-order valence-electron chi connectivity index (χ0n) is 11.5. The van der Waals surface area contributed by atoms with Gasteiger partial charge >= 0.3 is 5.97 Å². The number of nitrogens with zero attached hydrogens (tertiary/aromatic N) is 4. The Kier molecular flexibility index (Phi) is 4.19. The highest BCUT2D eigenvalue weighted by Crippen LogP contribution is 2.17. The number of carbonyl (C=O) groups excluding carboxylic acids is 1. The highest BCUT2D eigenvalue weighted by molar-refractivity contribution is 5.90. The molecule has 0 aliphatic rings. The maximum atomic E-state index is 11.7. The van der Waals surface area contributed by atoms with E-state index in [0.29, 0.717) is 35.3 Å². The lowest BCUT2D eigenvalue weighted by atomic mass is 10.2. The van der Waals surface area contributed by atoms with E-state index in [2.05, 4.69) is 19.9 Å². The van der Waals surface area contributed by atoms with Crippen LogP contribution >= 0.6 is 0 Å². The Hall–Kier alpha value is -2.57. The van der Waals surface area contributed by atoms with Gasteiger partial charge in [-0.1, -0.05) is 0 Å². The van der Waals surface area contributed by atoms with Crippen LogP contribution in [0.15, 0.2) is 18.6 Å². The van der Waals surface area contributed by atoms with Crippen LogP contribution in [0, 0.1) is 6.92 Å². The van der Waals surface area contributed by atoms with Gasteiger partial charge in [0.05, 0.1) is 25.0 Å². The highest BCUT2D eigenvalue weighted by Gasteiger charge is 2.14. The average Bonchev–Trinajstić information content (AvgIpc) is 2.47. The van der Waals surface area contributed by atoms with Crippen molar-refractivity contribution in [3.05, 3.63) is 29.8 Å². The number of methoxy groups -OCH3 is 1. The molecule has 0 atom stereocenters. The summed E-state index contributed by atoms with van der Waals surface area (Å²) in [4.78, 5) is 28.1. The van der Waals surface area contributed by atoms with E-state index in [-0.39, 0.29) is 0 Å². The molecule has 0 saturated carbocycles. The maximum Gasteiger partial charge on any atom is 0.341 e. The van der Waals surface area contributed by atoms with Crippen molar-refractivity contribution in [2.45, 2.75) is 13.8 Å². The number of hydrogen-bond acceptors (Lipinski definition) is 7. The molecule has 2 aromatic rings. The number of hydrogen-bond donors (Lipinski definition) is 0. The first-order valence-corrected chi connectivity index (χ1v) is 6.03. The lowest BCUT2D eigenvalue weighted by Gasteiger charge is -2.06. The molecule has 0 N–H and O–H groups in total. The lowest BCUT2D eigenvalue weighted by Crippen LogP contribution is -2.09. The van der Waals surface area contributed by atoms with E-state index in [0.717, 1.165) is 0 Å². The quantitative estimate of drug-likeness (QED) is 0.779. The van der Waals surface area contributed by atoms with E-state index in [1.165, 1.54) is 19.6 Å². The molecule has 2 rings (SSSR count). The highest BCUT2D eigenvalue weighted by atomic mass is 16.5. The van der Waals surface area contributed by atoms with Crippen LogP contribution in [0.5, 0.6) is 5.88 Å². The number of ether oxygens (including phenoxy) is 2. The van der Waals surface area contributed by atoms with Gasteiger partial charge in [-0.25, -0.2) is 24.7 Å². The minimum absolute atomic E-state index is 0.309. The molecule has 0 aromatic carbocycles. The molecule has 7 heteroatoms. The van der Waals surface area contributed by atoms with Crippen LogP contribution in [-0.2, 0) is 4.74 Å². The Balaban J connectivity index is 2.35. The van der Waals surface area contributed by atoms with Crippen molar-refractivity contribution < 1.29 is 14.3 Å². The molecule has 0 radical (unpaired) electrons. The van der Waals surface area contributed by atoms with Crippen LogP contribution in [0.1, 0.15) is 23.0 Å². The Morgan fingerprint density at radius 1 is 1.30 bits per heavy atom. The van der Waals surface area contributed by atoms with E-state index in [4.69, 9.17) is 9.47 Å². The lowest BCUT2D eigenvalue weighted by molar-refractivity contribution is 0.0524. The van der Waals surface area contributed by atoms with E-state index < -0.39 is 5.97 Å². The topological polar surface area (TPSA) is 87.1 Å². The monoisotopic (exact) mass is 274 g/mol. The van der Waals surface area contributed by atoms with Crippen LogP contribution in [0.2, 0.25) is 0 Å². The van der Waals surface area contributed by atoms with Crippen molar-refractivity contribution in [2.75, 3.05) is 13.7 Å². The Morgan fingerprint density at radius 3 is 2.75 bits per heavy atom. The van der Waals surface area contributed by atoms with Gasteiger partial charge < -0.3 is 9.47 Å². The maximum absolute atomic E-state index is 11.7. The minimum atomic E-state index is -0.434. The molecular weight excluding hydrogens is 260 g/mol. The first-order chi connectivity index (χ1) is 9.65. The SMILES string of the molecule is CCOC(=O)c1cnc(-c2cc(OC)ncn2)nc1C. The Morgan fingerprint density at radius 2 is 2.10 bits per heavy atom. The minimum Gasteiger partial charge on any atom is -0.481 e. The molecule has 0 unspecified atom stereocenters. The third-order valence-electron chi connectivity index (χ3n) is 2.55. The molecule has 2 aromatic heterocycles. The van der Waals surface area contributed by atoms with Gasteiger partial charge in [-0.2, -0.15) is 0 Å². The summed E-state index contributed by atoms with van der Waals surface area (Å²) < 4.78 is 9.95. The van der Waals surface area contributed by atoms with E-state index in [9.17, 15) is 4.79 Å². The van der Waals surface area contributed by atoms with E-state index >= 15 is 0 Å². The summed E-state index contributed by atoms with van der Waals surface area (Å²) in [6.45, 7) is 3.77. The zero-order valence-corrected chi connectivity index (χ0v) is 11.5. The van der Waals surface area contributed by atoms with Crippen molar-refractivity contribution in [3.8, 4) is 17.4 Å². The second-order valence-electron chi connectivity index (χ2n) is 3.86. The second-order valence-corrected chi connectivity index (χ2v) is 3.86. The molecule has 0 spiro atoms. The van der Waals surface area contributed by atoms with E-state index in [1.807, 2.05) is 0 Å². The van der Waals surface area contributed by atoms with Crippen LogP contribution in [0.3, 0.4) is 0 Å². The first kappa shape index (κ1) is 13.9. The van der Waals surface area contributed by atoms with Crippen LogP contribution in [0.25, 0.3) is 11.5 Å². The predicted octanol–water partition coefficient (Wildman–Crippen LogP) is 1.43. The zero-order chi connectivity index (χ0) is 14.5. The molecule has 0 bridgehead atoms. The fourth-order valence-electron chi connectivity index (χ4n) is 1.57. The van der Waals surface area contributed by atoms with Gasteiger partial charge in [0.2, 0.25) is 5.88 Å². The first-order valence-electron chi connectivity index (χ1n) is 6.03. The molecule has 104 valence electrons. The molecule has 7 nitrogen and oxygen atoms in total. The van der Waals surface area contributed by atoms with Gasteiger partial charge in [0.25, 0.3) is 0 Å². The molecule has 0 amide bonds. The van der Waals surface area contributed by atoms with Gasteiger partial charge in [-0.15, -0.1) is 0 Å². The molecule has 20 heavy (non-hydrogen) atoms. The fraction of sp³-hybridized carbons (Fsp3) is 0.308. The summed E-state index contributed by atoms with van der Waals surface area (Å²) >= 11 is 0. The van der Waals surface area contributed by atoms with Crippen molar-refractivity contribution >= 4 is 5.97 Å². The van der Waals surface area contributed by atoms with Gasteiger partial charge in [0, 0.05) is 12.3 Å². The van der Waals surface area contributed by atoms with Crippen LogP contribution in [-0.4, -0.2) is 39.6 Å². The van der Waals surface area contributed by atoms with Crippen molar-refractivity contribution in [1.82, 2.24) is 19.9 Å². The Labute approximate surface area is 116 Å². The molecule has 0 saturated heterocycles. The van der Waals surface area contributed by atoms with Crippen molar-refractivity contribution in [2.24, 2.45) is 0 Å². The molecule has 0 aliphatic heterocycles. The number of carbonyl (C=O) groups is 1. The normalized spacial score (nSPS) is 10.2. The standard InChI is InChI=1S/C13H14N4O3/c1-4-20-13(18)9-6-14-12(17-8(9)2)10-5-11(19-3)16-7-15-10/h5-7H,4H2,1-3H3. The third-order valence-corrected chi connectivity index (χ3v) is 2.55. The van der Waals surface area contributed by atoms with Gasteiger partial charge in [0.15, 0.2) is 5.82 Å². The van der Waals surface area contributed by atoms with Gasteiger partial charge in [-0.3, -0.25) is 0 Å². The summed E-state index contributed by atoms with van der Waals surface area (Å²) in [5.74, 6) is 0.388. The summed E-state index contributed by atoms with van der Waals surface area (Å²) in [7, 11) is 1.52. The summed E-state index contributed by atoms with van der Waals surface area (Å²) in [6.07, 6.45) is 2.80. The van der Waals surface area contributed by atoms with Crippen LogP contribution < -0.4 is 4.74 Å². The smallest absolute Gasteiger partial charge is 0.341 e. The Bertz CT molecular complexity index is 631. The predicted molar refractivity (Wildman–Crippen MR) is 70.3 cm³/mol. The number of aromatic nitrogens is 4. The summed E-state index contributed by atoms with van der Waals surface area (Å²) in [5.41, 5.74) is 1.40. The van der Waals surface area contributed by atoms with Crippen molar-refractivity contribution in [3.63, 3.8) is 0 Å². The summed E-state index contributed by atoms with van der Waals surface area (Å²) in [5, 5.41) is 0. The summed E-state index contributed by atoms with van der Waals surface area (Å²) in [6, 6.07) is 1.62. The average molecular weight is 274 g/mol. The van der Waals surface area contributed by atoms with E-state index in [1.54, 1.807) is 19.9 Å². The molecular formula is C13H14N4O3. The van der Waals surface area contributed by atoms with Crippen LogP contribution in [0.4, 0.5) is 0 Å². The largest absolute Gasteiger partial charge is 0.481 e. The number of esters is 1. The molecule has 2 heterocycles. The molecule has 0 aliphatic carbocycles. The molecule has 0 fully saturated rings. The van der Waals surface area contributed by atoms with Gasteiger partial charge in [0.1, 0.15) is 12.0 Å². The number of rotatable bonds is 4. The third kappa shape index (κ3) is 2.87. The fourth-order valence-corrected chi connectivity index (χ4v) is 1.57. The van der Waals surface area contributed by atoms with Gasteiger partial charge in [-0.05, 0) is 13.8 Å². The number of aryl methyl sites for hydroxylation is 1. The second kappa shape index (κ2) is 6.05.